The molecule has 2 aliphatic heterocycles. The van der Waals surface area contributed by atoms with Crippen molar-refractivity contribution in [1.29, 1.82) is 0 Å². The number of hydrogen-bond donors (Lipinski definition) is 3. The molecule has 0 bridgehead atoms. The van der Waals surface area contributed by atoms with Gasteiger partial charge in [0.2, 0.25) is 11.9 Å². The minimum absolute atomic E-state index is 0. The minimum Gasteiger partial charge on any atom is -1.00 e. The molecule has 0 aromatic heterocycles. The molecule has 0 unspecified atom stereocenters. The van der Waals surface area contributed by atoms with Gasteiger partial charge in [0.05, 0.1) is 20.0 Å². The van der Waals surface area contributed by atoms with E-state index in [2.05, 4.69) is 0 Å². The summed E-state index contributed by atoms with van der Waals surface area (Å²) in [5, 5.41) is 52.2. The number of Topliss-reactive ketones (excluding diaryl/α,β-unsaturated/α-hetero) is 1. The van der Waals surface area contributed by atoms with E-state index in [9.17, 15) is 49.5 Å². The number of carbonyl (C=O) groups is 5. The molecule has 16 nitrogen and oxygen atoms in total. The molecule has 55 heavy (non-hydrogen) atoms. The molecule has 0 amide bonds. The molecule has 0 radical (unpaired) electrons. The maximum Gasteiger partial charge on any atom is 1.00 e. The molecule has 3 aromatic carbocycles. The van der Waals surface area contributed by atoms with Crippen molar-refractivity contribution in [2.75, 3.05) is 13.7 Å². The number of hydrogen-bond acceptors (Lipinski definition) is 16. The first kappa shape index (κ1) is 56.8. The number of carboxylic acid groups (broad SMARTS) is 2. The van der Waals surface area contributed by atoms with Crippen LogP contribution in [0.3, 0.4) is 0 Å². The van der Waals surface area contributed by atoms with Gasteiger partial charge in [0.15, 0.2) is 41.3 Å². The summed E-state index contributed by atoms with van der Waals surface area (Å²) in [6.45, 7) is -0.380. The molecule has 4 atom stereocenters. The van der Waals surface area contributed by atoms with Crippen LogP contribution in [0.25, 0.3) is 0 Å². The molecular weight excluding hydrogens is 847 g/mol. The summed E-state index contributed by atoms with van der Waals surface area (Å²) in [7, 11) is 1.33. The Kier molecular flexibility index (Phi) is 26.8. The molecule has 0 aliphatic carbocycles. The smallest absolute Gasteiger partial charge is 1.00 e. The average Bonchev–Trinajstić information content (AvgIpc) is 3.05. The molecule has 0 saturated heterocycles. The minimum atomic E-state index is -1.72. The number of aromatic hydroxyl groups is 3. The number of fused-ring (bicyclic) bond motifs is 2. The first-order valence-corrected chi connectivity index (χ1v) is 14.7. The van der Waals surface area contributed by atoms with Gasteiger partial charge in [-0.05, 0) is 37.1 Å². The first-order chi connectivity index (χ1) is 23.3. The number of benzene rings is 3. The summed E-state index contributed by atoms with van der Waals surface area (Å²) >= 11 is 0. The van der Waals surface area contributed by atoms with Gasteiger partial charge in [-0.25, -0.2) is 0 Å². The predicted molar refractivity (Wildman–Crippen MR) is 156 cm³/mol. The second-order valence-corrected chi connectivity index (χ2v) is 10.9. The topological polar surface area (TPSA) is 248 Å². The third-order valence-corrected chi connectivity index (χ3v) is 7.53. The van der Waals surface area contributed by atoms with Crippen LogP contribution in [-0.4, -0.2) is 70.9 Å². The SMILES string of the molecule is COc1cc([C@H]2Oc3cc([C@H]4Oc5cc(O)cc(O)c5C(=O)[C@@H]4OC(=O)CCC(=O)[O-])ccc3O[C@@H]2COC(=O)CCC(=O)[O-])ccc1O.[Cl-].[Cl-].[K+].[K+].[Na+].[Na+]. The largest absolute Gasteiger partial charge is 1.00 e. The van der Waals surface area contributed by atoms with Crippen LogP contribution in [0, 0.1) is 0 Å². The second kappa shape index (κ2) is 26.0. The number of carboxylic acids is 2. The van der Waals surface area contributed by atoms with Gasteiger partial charge in [-0.1, -0.05) is 12.1 Å². The van der Waals surface area contributed by atoms with E-state index in [-0.39, 0.29) is 233 Å². The van der Waals surface area contributed by atoms with Crippen molar-refractivity contribution in [3.05, 3.63) is 65.2 Å². The number of ether oxygens (including phenoxy) is 6. The number of phenols is 3. The number of ketones is 1. The van der Waals surface area contributed by atoms with E-state index in [1.807, 2.05) is 0 Å². The van der Waals surface area contributed by atoms with Gasteiger partial charge in [0.1, 0.15) is 29.4 Å². The van der Waals surface area contributed by atoms with Crippen LogP contribution < -0.4 is 216 Å². The third-order valence-electron chi connectivity index (χ3n) is 7.53. The number of carbonyl (C=O) groups excluding carboxylic acids is 5. The number of halogens is 2. The number of methoxy groups -OCH3 is 1. The Labute approximate surface area is 455 Å². The van der Waals surface area contributed by atoms with Crippen LogP contribution >= 0.6 is 0 Å². The molecule has 0 saturated carbocycles. The number of rotatable bonds is 12. The summed E-state index contributed by atoms with van der Waals surface area (Å²) in [6, 6.07) is 10.6. The maximum absolute atomic E-state index is 13.6. The Bertz CT molecular complexity index is 1840. The van der Waals surface area contributed by atoms with Crippen LogP contribution in [-0.2, 0) is 28.7 Å². The summed E-state index contributed by atoms with van der Waals surface area (Å²) in [6.07, 6.45) is -7.41. The zero-order valence-electron chi connectivity index (χ0n) is 30.4. The second-order valence-electron chi connectivity index (χ2n) is 10.9. The summed E-state index contributed by atoms with van der Waals surface area (Å²) in [4.78, 5) is 60.0. The summed E-state index contributed by atoms with van der Waals surface area (Å²) in [5.41, 5.74) is 0.226. The van der Waals surface area contributed by atoms with Crippen molar-refractivity contribution in [1.82, 2.24) is 0 Å². The van der Waals surface area contributed by atoms with Crippen LogP contribution in [0.2, 0.25) is 0 Å². The quantitative estimate of drug-likeness (QED) is 0.113. The number of aliphatic carboxylic acids is 2. The van der Waals surface area contributed by atoms with Crippen molar-refractivity contribution in [2.24, 2.45) is 0 Å². The standard InChI is InChI=1S/C33H30O16.2ClH.2K.2Na/c1-44-21-10-15(2-4-18(21)35)31-24(14-45-27(41)8-6-25(37)38)46-20-5-3-16(11-22(20)47-31)32-33(49-28(42)9-7-26(39)40)30(43)29-19(36)12-17(34)13-23(29)48-32;;;;;;/h2-5,10-13,24,31-36H,6-9,14H2,1H3,(H,37,38)(H,39,40);2*1H;;;;/q;;;4*+1/p-4/t24-,31-,32-,33+;;;;;;/m1....../s1. The van der Waals surface area contributed by atoms with Gasteiger partial charge >= 0.3 is 174 Å². The van der Waals surface area contributed by atoms with E-state index in [0.29, 0.717) is 5.56 Å². The summed E-state index contributed by atoms with van der Waals surface area (Å²) in [5.74, 6) is -6.88. The Morgan fingerprint density at radius 1 is 0.709 bits per heavy atom. The molecule has 274 valence electrons. The molecule has 3 N–H and O–H groups in total. The van der Waals surface area contributed by atoms with Gasteiger partial charge in [-0.2, -0.15) is 0 Å². The van der Waals surface area contributed by atoms with Gasteiger partial charge < -0.3 is 88.4 Å². The fourth-order valence-corrected chi connectivity index (χ4v) is 5.22. The van der Waals surface area contributed by atoms with Crippen molar-refractivity contribution in [3.63, 3.8) is 0 Å². The monoisotopic (exact) mass is 874 g/mol. The van der Waals surface area contributed by atoms with Crippen LogP contribution in [0.1, 0.15) is 59.4 Å². The van der Waals surface area contributed by atoms with Gasteiger partial charge in [0, 0.05) is 35.2 Å². The van der Waals surface area contributed by atoms with E-state index in [1.54, 1.807) is 0 Å². The molecule has 3 aromatic rings. The van der Waals surface area contributed by atoms with Crippen molar-refractivity contribution in [3.8, 4) is 40.2 Å². The van der Waals surface area contributed by atoms with Crippen LogP contribution in [0.5, 0.6) is 40.2 Å². The maximum atomic E-state index is 13.6. The van der Waals surface area contributed by atoms with E-state index in [0.717, 1.165) is 12.1 Å². The van der Waals surface area contributed by atoms with Gasteiger partial charge in [-0.15, -0.1) is 0 Å². The molecular formula is C33H28Cl2K2Na2O16. The van der Waals surface area contributed by atoms with Crippen LogP contribution in [0.4, 0.5) is 0 Å². The summed E-state index contributed by atoms with van der Waals surface area (Å²) < 4.78 is 34.2. The zero-order chi connectivity index (χ0) is 35.4. The molecule has 0 fully saturated rings. The molecule has 2 heterocycles. The van der Waals surface area contributed by atoms with E-state index in [4.69, 9.17) is 28.4 Å². The van der Waals surface area contributed by atoms with Crippen molar-refractivity contribution >= 4 is 29.7 Å². The third kappa shape index (κ3) is 14.7. The van der Waals surface area contributed by atoms with Crippen molar-refractivity contribution < 1.29 is 265 Å². The zero-order valence-corrected chi connectivity index (χ0v) is 42.1. The Morgan fingerprint density at radius 2 is 1.29 bits per heavy atom. The molecule has 0 spiro atoms. The Balaban J connectivity index is 0. The average molecular weight is 876 g/mol. The fourth-order valence-electron chi connectivity index (χ4n) is 5.22. The van der Waals surface area contributed by atoms with Crippen LogP contribution in [0.15, 0.2) is 48.5 Å². The van der Waals surface area contributed by atoms with E-state index < -0.39 is 91.3 Å². The molecule has 2 aliphatic rings. The predicted octanol–water partition coefficient (Wildman–Crippen LogP) is -17.5. The van der Waals surface area contributed by atoms with E-state index >= 15 is 0 Å². The van der Waals surface area contributed by atoms with E-state index in [1.165, 1.54) is 43.5 Å². The molecule has 5 rings (SSSR count). The Morgan fingerprint density at radius 3 is 1.91 bits per heavy atom. The number of esters is 2. The molecule has 22 heteroatoms. The first-order valence-electron chi connectivity index (χ1n) is 14.7. The Hall–Kier alpha value is -0.337. The number of phenolic OH excluding ortho intramolecular Hbond substituents is 3. The fraction of sp³-hybridized carbons (Fsp3) is 0.303. The normalized spacial score (nSPS) is 17.1. The van der Waals surface area contributed by atoms with Gasteiger partial charge in [0.25, 0.3) is 0 Å². The van der Waals surface area contributed by atoms with Crippen molar-refractivity contribution in [2.45, 2.75) is 50.1 Å². The van der Waals surface area contributed by atoms with Gasteiger partial charge in [-0.3, -0.25) is 14.4 Å².